The first-order chi connectivity index (χ1) is 19.6. The maximum Gasteiger partial charge on any atom is 0.175 e. The summed E-state index contributed by atoms with van der Waals surface area (Å²) in [4.78, 5) is 9.98. The largest absolute Gasteiger partial charge is 0.451 e. The Morgan fingerprint density at radius 3 is 1.27 bits per heavy atom. The molecule has 0 aromatic heterocycles. The van der Waals surface area contributed by atoms with Crippen LogP contribution in [0.2, 0.25) is 10.0 Å². The average Bonchev–Trinajstić information content (AvgIpc) is 3.00. The molecule has 0 radical (unpaired) electrons. The summed E-state index contributed by atoms with van der Waals surface area (Å²) in [5.74, 6) is 1.98. The monoisotopic (exact) mass is 554 g/mol. The van der Waals surface area contributed by atoms with Gasteiger partial charge in [0.15, 0.2) is 23.0 Å². The van der Waals surface area contributed by atoms with E-state index in [9.17, 15) is 0 Å². The van der Waals surface area contributed by atoms with Crippen molar-refractivity contribution < 1.29 is 9.47 Å². The van der Waals surface area contributed by atoms with Crippen LogP contribution >= 0.6 is 23.2 Å². The van der Waals surface area contributed by atoms with E-state index in [1.165, 1.54) is 0 Å². The molecule has 0 saturated heterocycles. The third-order valence-corrected chi connectivity index (χ3v) is 8.46. The minimum absolute atomic E-state index is 0.311. The maximum atomic E-state index is 6.97. The van der Waals surface area contributed by atoms with Gasteiger partial charge in [-0.2, -0.15) is 0 Å². The van der Waals surface area contributed by atoms with Gasteiger partial charge < -0.3 is 9.47 Å². The molecule has 40 heavy (non-hydrogen) atoms. The lowest BCUT2D eigenvalue weighted by molar-refractivity contribution is 0.452. The summed E-state index contributed by atoms with van der Waals surface area (Å²) in [6.07, 6.45) is 0. The second-order valence-electron chi connectivity index (χ2n) is 10.1. The van der Waals surface area contributed by atoms with Crippen LogP contribution in [0.3, 0.4) is 0 Å². The Balaban J connectivity index is 1.31. The molecule has 2 aliphatic rings. The molecule has 7 aromatic carbocycles. The van der Waals surface area contributed by atoms with Crippen LogP contribution in [0.4, 0.5) is 11.4 Å². The SMILES string of the molecule is Clc1c2c(c(Cl)c3c1=Nc1c(ccc4cc5ccccc5cc14)O3)=Nc1c(ccc3cc4ccccc4cc13)O2. The van der Waals surface area contributed by atoms with Crippen LogP contribution in [0, 0.1) is 0 Å². The first kappa shape index (κ1) is 22.2. The first-order valence-corrected chi connectivity index (χ1v) is 13.6. The Labute approximate surface area is 237 Å². The van der Waals surface area contributed by atoms with E-state index in [1.807, 2.05) is 48.5 Å². The number of ether oxygens (including phenoxy) is 2. The van der Waals surface area contributed by atoms with Crippen LogP contribution in [-0.2, 0) is 0 Å². The van der Waals surface area contributed by atoms with E-state index in [2.05, 4.69) is 48.5 Å². The van der Waals surface area contributed by atoms with Crippen LogP contribution in [-0.4, -0.2) is 0 Å². The molecule has 0 amide bonds. The van der Waals surface area contributed by atoms with Crippen molar-refractivity contribution in [2.45, 2.75) is 0 Å². The first-order valence-electron chi connectivity index (χ1n) is 12.9. The summed E-state index contributed by atoms with van der Waals surface area (Å²) in [5, 5.41) is 10.1. The molecule has 0 fully saturated rings. The van der Waals surface area contributed by atoms with Crippen molar-refractivity contribution in [3.05, 3.63) is 118 Å². The van der Waals surface area contributed by atoms with Crippen LogP contribution in [0.25, 0.3) is 43.1 Å². The van der Waals surface area contributed by atoms with E-state index in [0.717, 1.165) is 43.1 Å². The third kappa shape index (κ3) is 3.03. The number of hydrogen-bond donors (Lipinski definition) is 0. The zero-order valence-electron chi connectivity index (χ0n) is 20.7. The van der Waals surface area contributed by atoms with Gasteiger partial charge in [-0.05, 0) is 68.7 Å². The predicted molar refractivity (Wildman–Crippen MR) is 161 cm³/mol. The lowest BCUT2D eigenvalue weighted by atomic mass is 10.0. The fourth-order valence-electron chi connectivity index (χ4n) is 5.80. The summed E-state index contributed by atoms with van der Waals surface area (Å²) >= 11 is 13.9. The molecule has 0 aliphatic carbocycles. The van der Waals surface area contributed by atoms with Crippen LogP contribution in [0.5, 0.6) is 23.0 Å². The van der Waals surface area contributed by atoms with Crippen molar-refractivity contribution in [3.63, 3.8) is 0 Å². The van der Waals surface area contributed by atoms with Gasteiger partial charge in [0.25, 0.3) is 0 Å². The predicted octanol–water partition coefficient (Wildman–Crippen LogP) is 9.72. The van der Waals surface area contributed by atoms with Gasteiger partial charge in [-0.15, -0.1) is 0 Å². The Bertz CT molecular complexity index is 2250. The van der Waals surface area contributed by atoms with Gasteiger partial charge in [0, 0.05) is 10.8 Å². The van der Waals surface area contributed by atoms with Gasteiger partial charge in [0.05, 0.1) is 0 Å². The number of benzene rings is 7. The highest BCUT2D eigenvalue weighted by atomic mass is 35.5. The van der Waals surface area contributed by atoms with E-state index in [1.54, 1.807) is 0 Å². The number of rotatable bonds is 0. The molecule has 2 heterocycles. The van der Waals surface area contributed by atoms with Crippen molar-refractivity contribution in [2.24, 2.45) is 9.98 Å². The number of hydrogen-bond acceptors (Lipinski definition) is 4. The molecule has 6 heteroatoms. The van der Waals surface area contributed by atoms with Crippen molar-refractivity contribution >= 4 is 77.7 Å². The average molecular weight is 555 g/mol. The minimum atomic E-state index is 0.311. The molecule has 0 spiro atoms. The summed E-state index contributed by atoms with van der Waals surface area (Å²) in [6.45, 7) is 0. The van der Waals surface area contributed by atoms with E-state index in [0.29, 0.717) is 55.1 Å². The molecule has 9 rings (SSSR count). The minimum Gasteiger partial charge on any atom is -0.451 e. The second-order valence-corrected chi connectivity index (χ2v) is 10.8. The number of nitrogens with zero attached hydrogens (tertiary/aromatic N) is 2. The Hall–Kier alpha value is -4.64. The quantitative estimate of drug-likeness (QED) is 0.175. The molecule has 7 aromatic rings. The van der Waals surface area contributed by atoms with E-state index < -0.39 is 0 Å². The van der Waals surface area contributed by atoms with E-state index in [-0.39, 0.29) is 0 Å². The summed E-state index contributed by atoms with van der Waals surface area (Å²) in [6, 6.07) is 33.0. The third-order valence-electron chi connectivity index (χ3n) is 7.76. The van der Waals surface area contributed by atoms with Crippen molar-refractivity contribution in [1.82, 2.24) is 0 Å². The number of halogens is 2. The van der Waals surface area contributed by atoms with Crippen molar-refractivity contribution in [3.8, 4) is 23.0 Å². The zero-order chi connectivity index (χ0) is 26.5. The molecule has 0 saturated carbocycles. The zero-order valence-corrected chi connectivity index (χ0v) is 22.2. The molecule has 0 bridgehead atoms. The Morgan fingerprint density at radius 2 is 0.850 bits per heavy atom. The van der Waals surface area contributed by atoms with Crippen molar-refractivity contribution in [2.75, 3.05) is 0 Å². The lowest BCUT2D eigenvalue weighted by Gasteiger charge is -2.22. The van der Waals surface area contributed by atoms with E-state index >= 15 is 0 Å². The highest BCUT2D eigenvalue weighted by Crippen LogP contribution is 2.47. The molecular weight excluding hydrogens is 539 g/mol. The highest BCUT2D eigenvalue weighted by molar-refractivity contribution is 6.35. The van der Waals surface area contributed by atoms with Gasteiger partial charge >= 0.3 is 0 Å². The fourth-order valence-corrected chi connectivity index (χ4v) is 6.32. The van der Waals surface area contributed by atoms with Gasteiger partial charge in [0.2, 0.25) is 0 Å². The summed E-state index contributed by atoms with van der Waals surface area (Å²) < 4.78 is 12.8. The maximum absolute atomic E-state index is 6.97. The van der Waals surface area contributed by atoms with Gasteiger partial charge in [-0.1, -0.05) is 83.9 Å². The van der Waals surface area contributed by atoms with Gasteiger partial charge in [-0.25, -0.2) is 9.98 Å². The molecule has 0 N–H and O–H groups in total. The number of fused-ring (bicyclic) bond motifs is 10. The topological polar surface area (TPSA) is 43.2 Å². The molecule has 0 atom stereocenters. The second kappa shape index (κ2) is 7.95. The Morgan fingerprint density at radius 1 is 0.450 bits per heavy atom. The molecule has 188 valence electrons. The molecule has 4 nitrogen and oxygen atoms in total. The normalized spacial score (nSPS) is 13.1. The van der Waals surface area contributed by atoms with Gasteiger partial charge in [0.1, 0.15) is 32.1 Å². The summed E-state index contributed by atoms with van der Waals surface area (Å²) in [7, 11) is 0. The lowest BCUT2D eigenvalue weighted by Crippen LogP contribution is -2.22. The molecular formula is C34H16Cl2N2O2. The standard InChI is InChI=1S/C34H16Cl2N2O2/c35-27-31-33(39-25-11-9-21-13-17-5-1-3-7-19(17)15-23(21)29(25)37-31)28(36)32-34(27)40-26-12-10-22-14-18-6-2-4-8-20(18)16-24(22)30(26)38-32/h1-16H. The molecule has 0 unspecified atom stereocenters. The smallest absolute Gasteiger partial charge is 0.175 e. The van der Waals surface area contributed by atoms with Crippen LogP contribution < -0.4 is 20.2 Å². The van der Waals surface area contributed by atoms with E-state index in [4.69, 9.17) is 42.7 Å². The van der Waals surface area contributed by atoms with Crippen LogP contribution in [0.1, 0.15) is 0 Å². The fraction of sp³-hybridized carbons (Fsp3) is 0. The Kier molecular flexibility index (Phi) is 4.41. The van der Waals surface area contributed by atoms with Gasteiger partial charge in [-0.3, -0.25) is 0 Å². The summed E-state index contributed by atoms with van der Waals surface area (Å²) in [5.41, 5.74) is 1.42. The molecule has 2 aliphatic heterocycles. The van der Waals surface area contributed by atoms with Crippen molar-refractivity contribution in [1.29, 1.82) is 0 Å². The van der Waals surface area contributed by atoms with Crippen LogP contribution in [0.15, 0.2) is 107 Å². The highest BCUT2D eigenvalue weighted by Gasteiger charge is 2.28.